The Hall–Kier alpha value is -2.43. The third-order valence-electron chi connectivity index (χ3n) is 2.94. The van der Waals surface area contributed by atoms with E-state index in [1.807, 2.05) is 19.1 Å². The summed E-state index contributed by atoms with van der Waals surface area (Å²) < 4.78 is 1.35. The van der Waals surface area contributed by atoms with Gasteiger partial charge in [0.2, 0.25) is 5.91 Å². The van der Waals surface area contributed by atoms with Gasteiger partial charge in [-0.3, -0.25) is 19.0 Å². The van der Waals surface area contributed by atoms with Gasteiger partial charge < -0.3 is 5.11 Å². The first-order valence-corrected chi connectivity index (χ1v) is 5.85. The summed E-state index contributed by atoms with van der Waals surface area (Å²) in [7, 11) is 0. The number of carboxylic acids is 1. The van der Waals surface area contributed by atoms with Crippen LogP contribution in [-0.2, 0) is 4.79 Å². The van der Waals surface area contributed by atoms with Gasteiger partial charge in [0.25, 0.3) is 0 Å². The van der Waals surface area contributed by atoms with Crippen molar-refractivity contribution in [3.8, 4) is 0 Å². The van der Waals surface area contributed by atoms with Crippen LogP contribution in [-0.4, -0.2) is 27.8 Å². The second-order valence-corrected chi connectivity index (χ2v) is 4.38. The lowest BCUT2D eigenvalue weighted by Gasteiger charge is -2.02. The summed E-state index contributed by atoms with van der Waals surface area (Å²) in [6.07, 6.45) is 1.84. The number of hydrogen-bond acceptors (Lipinski definition) is 3. The third kappa shape index (κ3) is 2.54. The number of rotatable bonds is 4. The van der Waals surface area contributed by atoms with E-state index in [0.29, 0.717) is 22.8 Å². The predicted octanol–water partition coefficient (Wildman–Crippen LogP) is 2.27. The van der Waals surface area contributed by atoms with Crippen molar-refractivity contribution in [2.45, 2.75) is 19.8 Å². The Morgan fingerprint density at radius 3 is 2.68 bits per heavy atom. The highest BCUT2D eigenvalue weighted by Gasteiger charge is 2.14. The maximum absolute atomic E-state index is 12.0. The van der Waals surface area contributed by atoms with Crippen LogP contribution in [0, 0.1) is 6.92 Å². The Balaban J connectivity index is 2.46. The van der Waals surface area contributed by atoms with Gasteiger partial charge in [-0.05, 0) is 19.1 Å². The molecule has 0 bridgehead atoms. The number of benzene rings is 1. The molecule has 5 nitrogen and oxygen atoms in total. The minimum Gasteiger partial charge on any atom is -0.481 e. The maximum atomic E-state index is 12.0. The molecule has 0 saturated carbocycles. The summed E-state index contributed by atoms with van der Waals surface area (Å²) in [6, 6.07) is 5.44. The number of aromatic nitrogens is 1. The molecule has 5 heteroatoms. The minimum absolute atomic E-state index is 0.0920. The first kappa shape index (κ1) is 13.0. The van der Waals surface area contributed by atoms with Gasteiger partial charge in [-0.25, -0.2) is 0 Å². The summed E-state index contributed by atoms with van der Waals surface area (Å²) >= 11 is 0. The van der Waals surface area contributed by atoms with Gasteiger partial charge in [-0.2, -0.15) is 0 Å². The van der Waals surface area contributed by atoms with Crippen molar-refractivity contribution in [2.75, 3.05) is 0 Å². The van der Waals surface area contributed by atoms with Gasteiger partial charge >= 0.3 is 5.97 Å². The van der Waals surface area contributed by atoms with E-state index in [9.17, 15) is 14.4 Å². The first-order valence-electron chi connectivity index (χ1n) is 5.85. The number of nitrogens with zero attached hydrogens (tertiary/aromatic N) is 1. The van der Waals surface area contributed by atoms with E-state index in [1.54, 1.807) is 6.07 Å². The normalized spacial score (nSPS) is 10.6. The molecule has 0 aliphatic rings. The molecule has 0 aliphatic heterocycles. The van der Waals surface area contributed by atoms with Crippen LogP contribution in [0.25, 0.3) is 10.9 Å². The molecule has 1 aromatic carbocycles. The van der Waals surface area contributed by atoms with Crippen molar-refractivity contribution < 1.29 is 19.5 Å². The average molecular weight is 259 g/mol. The number of carboxylic acid groups (broad SMARTS) is 1. The highest BCUT2D eigenvalue weighted by Crippen LogP contribution is 2.22. The fraction of sp³-hybridized carbons (Fsp3) is 0.214. The SMILES string of the molecule is Cc1ccc2c(c1)c(C=O)cn2C(=O)CCC(=O)O. The topological polar surface area (TPSA) is 76.4 Å². The molecular formula is C14H13NO4. The van der Waals surface area contributed by atoms with Gasteiger partial charge in [0.15, 0.2) is 6.29 Å². The van der Waals surface area contributed by atoms with Crippen LogP contribution in [0.15, 0.2) is 24.4 Å². The molecule has 2 rings (SSSR count). The van der Waals surface area contributed by atoms with Gasteiger partial charge in [-0.15, -0.1) is 0 Å². The lowest BCUT2D eigenvalue weighted by molar-refractivity contribution is -0.136. The number of aliphatic carboxylic acids is 1. The molecule has 0 radical (unpaired) electrons. The van der Waals surface area contributed by atoms with Crippen LogP contribution in [0.5, 0.6) is 0 Å². The van der Waals surface area contributed by atoms with Crippen LogP contribution in [0.4, 0.5) is 0 Å². The molecule has 1 heterocycles. The van der Waals surface area contributed by atoms with Crippen LogP contribution >= 0.6 is 0 Å². The Morgan fingerprint density at radius 1 is 1.32 bits per heavy atom. The predicted molar refractivity (Wildman–Crippen MR) is 69.6 cm³/mol. The number of aldehydes is 1. The molecule has 19 heavy (non-hydrogen) atoms. The van der Waals surface area contributed by atoms with E-state index in [1.165, 1.54) is 10.8 Å². The monoisotopic (exact) mass is 259 g/mol. The van der Waals surface area contributed by atoms with E-state index >= 15 is 0 Å². The largest absolute Gasteiger partial charge is 0.481 e. The highest BCUT2D eigenvalue weighted by molar-refractivity contribution is 6.02. The van der Waals surface area contributed by atoms with Crippen LogP contribution in [0.1, 0.15) is 33.6 Å². The lowest BCUT2D eigenvalue weighted by Crippen LogP contribution is -2.11. The van der Waals surface area contributed by atoms with Gasteiger partial charge in [-0.1, -0.05) is 11.6 Å². The molecule has 1 N–H and O–H groups in total. The van der Waals surface area contributed by atoms with E-state index < -0.39 is 5.97 Å². The van der Waals surface area contributed by atoms with Crippen molar-refractivity contribution in [1.29, 1.82) is 0 Å². The van der Waals surface area contributed by atoms with E-state index in [4.69, 9.17) is 5.11 Å². The second kappa shape index (κ2) is 5.06. The van der Waals surface area contributed by atoms with Crippen molar-refractivity contribution in [3.05, 3.63) is 35.5 Å². The number of hydrogen-bond donors (Lipinski definition) is 1. The Kier molecular flexibility index (Phi) is 3.46. The van der Waals surface area contributed by atoms with E-state index in [0.717, 1.165) is 5.56 Å². The Bertz CT molecular complexity index is 669. The first-order chi connectivity index (χ1) is 9.02. The molecule has 0 amide bonds. The number of carbonyl (C=O) groups excluding carboxylic acids is 2. The molecule has 0 spiro atoms. The minimum atomic E-state index is -1.02. The molecule has 0 aliphatic carbocycles. The standard InChI is InChI=1S/C14H13NO4/c1-9-2-3-12-11(6-9)10(8-16)7-15(12)13(17)4-5-14(18)19/h2-3,6-8H,4-5H2,1H3,(H,18,19). The van der Waals surface area contributed by atoms with Crippen LogP contribution in [0.2, 0.25) is 0 Å². The highest BCUT2D eigenvalue weighted by atomic mass is 16.4. The van der Waals surface area contributed by atoms with E-state index in [-0.39, 0.29) is 18.7 Å². The number of aryl methyl sites for hydroxylation is 1. The Labute approximate surface area is 109 Å². The quantitative estimate of drug-likeness (QED) is 0.854. The fourth-order valence-corrected chi connectivity index (χ4v) is 2.00. The molecule has 0 saturated heterocycles. The number of fused-ring (bicyclic) bond motifs is 1. The molecular weight excluding hydrogens is 246 g/mol. The average Bonchev–Trinajstić information content (AvgIpc) is 2.73. The second-order valence-electron chi connectivity index (χ2n) is 4.38. The molecule has 2 aromatic rings. The van der Waals surface area contributed by atoms with Crippen LogP contribution in [0.3, 0.4) is 0 Å². The maximum Gasteiger partial charge on any atom is 0.303 e. The summed E-state index contributed by atoms with van der Waals surface area (Å²) in [5.74, 6) is -1.35. The summed E-state index contributed by atoms with van der Waals surface area (Å²) in [5.41, 5.74) is 2.05. The Morgan fingerprint density at radius 2 is 2.05 bits per heavy atom. The lowest BCUT2D eigenvalue weighted by atomic mass is 10.1. The van der Waals surface area contributed by atoms with Crippen molar-refractivity contribution >= 4 is 29.1 Å². The molecule has 0 atom stereocenters. The van der Waals surface area contributed by atoms with Crippen LogP contribution < -0.4 is 0 Å². The van der Waals surface area contributed by atoms with Crippen molar-refractivity contribution in [3.63, 3.8) is 0 Å². The molecule has 98 valence electrons. The zero-order chi connectivity index (χ0) is 14.0. The molecule has 0 fully saturated rings. The zero-order valence-corrected chi connectivity index (χ0v) is 10.4. The summed E-state index contributed by atoms with van der Waals surface area (Å²) in [6.45, 7) is 1.90. The van der Waals surface area contributed by atoms with Gasteiger partial charge in [0.05, 0.1) is 11.9 Å². The van der Waals surface area contributed by atoms with Crippen molar-refractivity contribution in [1.82, 2.24) is 4.57 Å². The number of carbonyl (C=O) groups is 3. The van der Waals surface area contributed by atoms with Gasteiger partial charge in [0, 0.05) is 23.6 Å². The smallest absolute Gasteiger partial charge is 0.303 e. The van der Waals surface area contributed by atoms with Gasteiger partial charge in [0.1, 0.15) is 0 Å². The van der Waals surface area contributed by atoms with E-state index in [2.05, 4.69) is 0 Å². The molecule has 0 unspecified atom stereocenters. The summed E-state index contributed by atoms with van der Waals surface area (Å²) in [4.78, 5) is 33.5. The summed E-state index contributed by atoms with van der Waals surface area (Å²) in [5, 5.41) is 9.30. The fourth-order valence-electron chi connectivity index (χ4n) is 2.00. The molecule has 1 aromatic heterocycles. The zero-order valence-electron chi connectivity index (χ0n) is 10.4. The third-order valence-corrected chi connectivity index (χ3v) is 2.94. The van der Waals surface area contributed by atoms with Crippen molar-refractivity contribution in [2.24, 2.45) is 0 Å².